The third-order valence-electron chi connectivity index (χ3n) is 2.68. The van der Waals surface area contributed by atoms with Gasteiger partial charge in [-0.25, -0.2) is 17.9 Å². The van der Waals surface area contributed by atoms with Crippen molar-refractivity contribution >= 4 is 27.3 Å². The third kappa shape index (κ3) is 3.69. The van der Waals surface area contributed by atoms with Crippen LogP contribution in [-0.2, 0) is 16.6 Å². The van der Waals surface area contributed by atoms with E-state index in [-0.39, 0.29) is 4.90 Å². The molecule has 7 heteroatoms. The van der Waals surface area contributed by atoms with Crippen LogP contribution in [0.3, 0.4) is 0 Å². The van der Waals surface area contributed by atoms with Crippen molar-refractivity contribution < 1.29 is 12.8 Å². The minimum absolute atomic E-state index is 0.0443. The van der Waals surface area contributed by atoms with Crippen LogP contribution < -0.4 is 10.5 Å². The van der Waals surface area contributed by atoms with Crippen molar-refractivity contribution in [1.29, 1.82) is 0 Å². The molecule has 3 N–H and O–H groups in total. The summed E-state index contributed by atoms with van der Waals surface area (Å²) in [7, 11) is -3.69. The summed E-state index contributed by atoms with van der Waals surface area (Å²) in [5.41, 5.74) is 1.45. The molecule has 0 aliphatic rings. The lowest BCUT2D eigenvalue weighted by molar-refractivity contribution is 0.598. The van der Waals surface area contributed by atoms with E-state index in [2.05, 4.69) is 5.32 Å². The van der Waals surface area contributed by atoms with Gasteiger partial charge in [0.1, 0.15) is 5.82 Å². The predicted octanol–water partition coefficient (Wildman–Crippen LogP) is 2.74. The molecular weight excluding hydrogens is 303 g/mol. The van der Waals surface area contributed by atoms with Crippen molar-refractivity contribution in [2.45, 2.75) is 11.4 Å². The first-order valence-corrected chi connectivity index (χ1v) is 7.59. The summed E-state index contributed by atoms with van der Waals surface area (Å²) in [4.78, 5) is 0.0443. The van der Waals surface area contributed by atoms with Gasteiger partial charge in [0, 0.05) is 17.3 Å². The van der Waals surface area contributed by atoms with Gasteiger partial charge < -0.3 is 5.32 Å². The molecule has 0 aromatic heterocycles. The molecule has 4 nitrogen and oxygen atoms in total. The molecule has 0 spiro atoms. The average molecular weight is 315 g/mol. The number of nitrogens with two attached hydrogens (primary N) is 1. The first kappa shape index (κ1) is 14.8. The number of hydrogen-bond acceptors (Lipinski definition) is 3. The standard InChI is InChI=1S/C13H12ClFN2O2S/c14-13-7-10(15)2-1-9(13)8-17-11-3-5-12(6-4-11)20(16,18)19/h1-7,17H,8H2,(H2,16,18,19). The van der Waals surface area contributed by atoms with Crippen molar-refractivity contribution in [2.24, 2.45) is 5.14 Å². The second-order valence-electron chi connectivity index (χ2n) is 4.16. The fraction of sp³-hybridized carbons (Fsp3) is 0.0769. The molecular formula is C13H12ClFN2O2S. The zero-order valence-electron chi connectivity index (χ0n) is 10.3. The van der Waals surface area contributed by atoms with Crippen LogP contribution in [0.25, 0.3) is 0 Å². The molecule has 0 unspecified atom stereocenters. The fourth-order valence-corrected chi connectivity index (χ4v) is 2.37. The van der Waals surface area contributed by atoms with E-state index >= 15 is 0 Å². The first-order chi connectivity index (χ1) is 9.36. The molecule has 0 aliphatic carbocycles. The van der Waals surface area contributed by atoms with E-state index in [0.29, 0.717) is 17.3 Å². The van der Waals surface area contributed by atoms with Gasteiger partial charge in [-0.15, -0.1) is 0 Å². The van der Waals surface area contributed by atoms with E-state index in [9.17, 15) is 12.8 Å². The van der Waals surface area contributed by atoms with Gasteiger partial charge in [0.2, 0.25) is 10.0 Å². The van der Waals surface area contributed by atoms with Crippen molar-refractivity contribution in [3.63, 3.8) is 0 Å². The molecule has 2 rings (SSSR count). The van der Waals surface area contributed by atoms with Crippen LogP contribution in [0, 0.1) is 5.82 Å². The van der Waals surface area contributed by atoms with Crippen molar-refractivity contribution in [2.75, 3.05) is 5.32 Å². The van der Waals surface area contributed by atoms with Gasteiger partial charge >= 0.3 is 0 Å². The SMILES string of the molecule is NS(=O)(=O)c1ccc(NCc2ccc(F)cc2Cl)cc1. The quantitative estimate of drug-likeness (QED) is 0.911. The van der Waals surface area contributed by atoms with Crippen LogP contribution >= 0.6 is 11.6 Å². The van der Waals surface area contributed by atoms with Gasteiger partial charge in [0.15, 0.2) is 0 Å². The monoisotopic (exact) mass is 314 g/mol. The van der Waals surface area contributed by atoms with Gasteiger partial charge in [-0.3, -0.25) is 0 Å². The van der Waals surface area contributed by atoms with Gasteiger partial charge in [-0.2, -0.15) is 0 Å². The highest BCUT2D eigenvalue weighted by atomic mass is 35.5. The van der Waals surface area contributed by atoms with Crippen LogP contribution in [0.15, 0.2) is 47.4 Å². The van der Waals surface area contributed by atoms with Gasteiger partial charge in [0.05, 0.1) is 4.90 Å². The predicted molar refractivity (Wildman–Crippen MR) is 76.6 cm³/mol. The maximum absolute atomic E-state index is 12.9. The lowest BCUT2D eigenvalue weighted by Crippen LogP contribution is -2.12. The van der Waals surface area contributed by atoms with Gasteiger partial charge in [-0.05, 0) is 42.0 Å². The van der Waals surface area contributed by atoms with Crippen molar-refractivity contribution in [3.05, 3.63) is 58.9 Å². The van der Waals surface area contributed by atoms with Gasteiger partial charge in [0.25, 0.3) is 0 Å². The Morgan fingerprint density at radius 3 is 2.35 bits per heavy atom. The molecule has 2 aromatic rings. The smallest absolute Gasteiger partial charge is 0.238 e. The molecule has 0 saturated carbocycles. The Bertz CT molecular complexity index is 718. The van der Waals surface area contributed by atoms with E-state index in [4.69, 9.17) is 16.7 Å². The Morgan fingerprint density at radius 1 is 1.15 bits per heavy atom. The molecule has 0 heterocycles. The highest BCUT2D eigenvalue weighted by Crippen LogP contribution is 2.19. The summed E-state index contributed by atoms with van der Waals surface area (Å²) in [5, 5.41) is 8.39. The molecule has 106 valence electrons. The zero-order chi connectivity index (χ0) is 14.8. The summed E-state index contributed by atoms with van der Waals surface area (Å²) >= 11 is 5.90. The highest BCUT2D eigenvalue weighted by molar-refractivity contribution is 7.89. The number of primary sulfonamides is 1. The third-order valence-corrected chi connectivity index (χ3v) is 3.96. The largest absolute Gasteiger partial charge is 0.381 e. The van der Waals surface area contributed by atoms with Crippen LogP contribution in [-0.4, -0.2) is 8.42 Å². The molecule has 20 heavy (non-hydrogen) atoms. The van der Waals surface area contributed by atoms with Gasteiger partial charge in [-0.1, -0.05) is 17.7 Å². The highest BCUT2D eigenvalue weighted by Gasteiger charge is 2.07. The van der Waals surface area contributed by atoms with E-state index in [1.165, 1.54) is 24.3 Å². The molecule has 0 radical (unpaired) electrons. The minimum Gasteiger partial charge on any atom is -0.381 e. The van der Waals surface area contributed by atoms with E-state index in [1.54, 1.807) is 18.2 Å². The Balaban J connectivity index is 2.08. The Kier molecular flexibility index (Phi) is 4.27. The molecule has 0 atom stereocenters. The second-order valence-corrected chi connectivity index (χ2v) is 6.13. The number of benzene rings is 2. The minimum atomic E-state index is -3.69. The summed E-state index contributed by atoms with van der Waals surface area (Å²) in [5.74, 6) is -0.392. The summed E-state index contributed by atoms with van der Waals surface area (Å²) < 4.78 is 35.1. The molecule has 0 amide bonds. The normalized spacial score (nSPS) is 11.3. The fourth-order valence-electron chi connectivity index (χ4n) is 1.62. The Hall–Kier alpha value is -1.63. The number of anilines is 1. The molecule has 0 saturated heterocycles. The van der Waals surface area contributed by atoms with Crippen molar-refractivity contribution in [1.82, 2.24) is 0 Å². The lowest BCUT2D eigenvalue weighted by atomic mass is 10.2. The summed E-state index contributed by atoms with van der Waals surface area (Å²) in [6, 6.07) is 10.2. The summed E-state index contributed by atoms with van der Waals surface area (Å²) in [6.45, 7) is 0.397. The van der Waals surface area contributed by atoms with E-state index in [0.717, 1.165) is 5.56 Å². The number of rotatable bonds is 4. The number of hydrogen-bond donors (Lipinski definition) is 2. The van der Waals surface area contributed by atoms with Crippen LogP contribution in [0.1, 0.15) is 5.56 Å². The molecule has 0 aliphatic heterocycles. The Labute approximate surface area is 121 Å². The molecule has 0 fully saturated rings. The second kappa shape index (κ2) is 5.78. The maximum atomic E-state index is 12.9. The first-order valence-electron chi connectivity index (χ1n) is 5.67. The van der Waals surface area contributed by atoms with E-state index in [1.807, 2.05) is 0 Å². The Morgan fingerprint density at radius 2 is 1.80 bits per heavy atom. The number of halogens is 2. The van der Waals surface area contributed by atoms with Crippen LogP contribution in [0.4, 0.5) is 10.1 Å². The average Bonchev–Trinajstić information content (AvgIpc) is 2.37. The topological polar surface area (TPSA) is 72.2 Å². The molecule has 2 aromatic carbocycles. The van der Waals surface area contributed by atoms with Crippen LogP contribution in [0.5, 0.6) is 0 Å². The number of sulfonamides is 1. The van der Waals surface area contributed by atoms with Crippen molar-refractivity contribution in [3.8, 4) is 0 Å². The van der Waals surface area contributed by atoms with Crippen LogP contribution in [0.2, 0.25) is 5.02 Å². The zero-order valence-corrected chi connectivity index (χ0v) is 11.9. The summed E-state index contributed by atoms with van der Waals surface area (Å²) in [6.07, 6.45) is 0. The lowest BCUT2D eigenvalue weighted by Gasteiger charge is -2.08. The molecule has 0 bridgehead atoms. The maximum Gasteiger partial charge on any atom is 0.238 e. The number of nitrogens with one attached hydrogen (secondary N) is 1. The van der Waals surface area contributed by atoms with E-state index < -0.39 is 15.8 Å².